The van der Waals surface area contributed by atoms with Gasteiger partial charge in [0.2, 0.25) is 0 Å². The Morgan fingerprint density at radius 2 is 2.05 bits per heavy atom. The lowest BCUT2D eigenvalue weighted by molar-refractivity contribution is -0.142. The lowest BCUT2D eigenvalue weighted by Gasteiger charge is -2.22. The third kappa shape index (κ3) is 3.40. The van der Waals surface area contributed by atoms with E-state index in [1.54, 1.807) is 12.1 Å². The van der Waals surface area contributed by atoms with E-state index in [1.807, 2.05) is 6.92 Å². The van der Waals surface area contributed by atoms with Crippen LogP contribution in [0.2, 0.25) is 0 Å². The maximum Gasteiger partial charge on any atom is 0.308 e. The molecule has 1 fully saturated rings. The van der Waals surface area contributed by atoms with Crippen LogP contribution in [-0.2, 0) is 11.2 Å². The van der Waals surface area contributed by atoms with E-state index in [9.17, 15) is 14.7 Å². The second kappa shape index (κ2) is 6.59. The van der Waals surface area contributed by atoms with Gasteiger partial charge in [-0.3, -0.25) is 9.59 Å². The molecule has 110 valence electrons. The van der Waals surface area contributed by atoms with Gasteiger partial charge in [-0.05, 0) is 25.0 Å². The molecule has 2 N–H and O–H groups in total. The predicted molar refractivity (Wildman–Crippen MR) is 73.6 cm³/mol. The van der Waals surface area contributed by atoms with Crippen molar-refractivity contribution in [3.63, 3.8) is 0 Å². The summed E-state index contributed by atoms with van der Waals surface area (Å²) >= 11 is 0. The molecule has 20 heavy (non-hydrogen) atoms. The minimum Gasteiger partial charge on any atom is -0.481 e. The highest BCUT2D eigenvalue weighted by atomic mass is 16.4. The molecule has 1 saturated carbocycles. The number of carbonyl (C=O) groups is 2. The van der Waals surface area contributed by atoms with Gasteiger partial charge in [0.25, 0.3) is 5.91 Å². The molecule has 1 aromatic rings. The molecular formula is C15H21NO4. The van der Waals surface area contributed by atoms with Crippen molar-refractivity contribution in [1.82, 2.24) is 5.32 Å². The van der Waals surface area contributed by atoms with E-state index >= 15 is 0 Å². The van der Waals surface area contributed by atoms with E-state index in [2.05, 4.69) is 5.32 Å². The van der Waals surface area contributed by atoms with Gasteiger partial charge in [0.05, 0.1) is 5.92 Å². The van der Waals surface area contributed by atoms with Crippen LogP contribution in [0.15, 0.2) is 16.5 Å². The van der Waals surface area contributed by atoms with Crippen LogP contribution in [0.1, 0.15) is 55.3 Å². The molecule has 5 heteroatoms. The summed E-state index contributed by atoms with van der Waals surface area (Å²) in [5.41, 5.74) is 0. The predicted octanol–water partition coefficient (Wildman–Crippen LogP) is 2.61. The van der Waals surface area contributed by atoms with E-state index in [0.717, 1.165) is 31.4 Å². The van der Waals surface area contributed by atoms with Crippen LogP contribution in [0.25, 0.3) is 0 Å². The van der Waals surface area contributed by atoms with E-state index in [-0.39, 0.29) is 17.7 Å². The van der Waals surface area contributed by atoms with Crippen molar-refractivity contribution in [3.05, 3.63) is 23.7 Å². The molecular weight excluding hydrogens is 258 g/mol. The summed E-state index contributed by atoms with van der Waals surface area (Å²) in [6, 6.07) is 3.11. The summed E-state index contributed by atoms with van der Waals surface area (Å²) in [6.45, 7) is 1.95. The fourth-order valence-corrected chi connectivity index (χ4v) is 2.71. The molecule has 0 aliphatic heterocycles. The Balaban J connectivity index is 2.05. The number of rotatable bonds is 4. The average molecular weight is 279 g/mol. The minimum atomic E-state index is -0.828. The van der Waals surface area contributed by atoms with Crippen molar-refractivity contribution in [2.24, 2.45) is 5.92 Å². The number of hydrogen-bond acceptors (Lipinski definition) is 3. The van der Waals surface area contributed by atoms with Crippen LogP contribution in [0.4, 0.5) is 0 Å². The molecule has 1 heterocycles. The SMILES string of the molecule is CCc1ccc(C(=O)NC2CCCCCC2C(=O)O)o1. The Kier molecular flexibility index (Phi) is 4.82. The maximum atomic E-state index is 12.1. The first kappa shape index (κ1) is 14.6. The molecule has 0 bridgehead atoms. The van der Waals surface area contributed by atoms with E-state index < -0.39 is 11.9 Å². The van der Waals surface area contributed by atoms with Gasteiger partial charge < -0.3 is 14.8 Å². The second-order valence-electron chi connectivity index (χ2n) is 5.28. The molecule has 0 aromatic carbocycles. The number of carboxylic acid groups (broad SMARTS) is 1. The normalized spacial score (nSPS) is 23.1. The molecule has 0 radical (unpaired) electrons. The van der Waals surface area contributed by atoms with Crippen LogP contribution in [0.5, 0.6) is 0 Å². The highest BCUT2D eigenvalue weighted by molar-refractivity contribution is 5.92. The van der Waals surface area contributed by atoms with Crippen molar-refractivity contribution < 1.29 is 19.1 Å². The van der Waals surface area contributed by atoms with Gasteiger partial charge in [0.1, 0.15) is 5.76 Å². The quantitative estimate of drug-likeness (QED) is 0.830. The molecule has 1 aliphatic carbocycles. The van der Waals surface area contributed by atoms with Gasteiger partial charge in [0, 0.05) is 12.5 Å². The summed E-state index contributed by atoms with van der Waals surface area (Å²) in [5, 5.41) is 12.1. The summed E-state index contributed by atoms with van der Waals surface area (Å²) in [4.78, 5) is 23.4. The topological polar surface area (TPSA) is 79.5 Å². The van der Waals surface area contributed by atoms with Crippen molar-refractivity contribution in [1.29, 1.82) is 0 Å². The smallest absolute Gasteiger partial charge is 0.308 e. The number of furan rings is 1. The Labute approximate surface area is 118 Å². The van der Waals surface area contributed by atoms with Crippen LogP contribution in [0.3, 0.4) is 0 Å². The summed E-state index contributed by atoms with van der Waals surface area (Å²) < 4.78 is 5.40. The highest BCUT2D eigenvalue weighted by Gasteiger charge is 2.31. The third-order valence-corrected chi connectivity index (χ3v) is 3.88. The van der Waals surface area contributed by atoms with Crippen molar-refractivity contribution in [2.45, 2.75) is 51.5 Å². The standard InChI is InChI=1S/C15H21NO4/c1-2-10-8-9-13(20-10)14(17)16-12-7-5-3-4-6-11(12)15(18)19/h8-9,11-12H,2-7H2,1H3,(H,16,17)(H,18,19). The summed E-state index contributed by atoms with van der Waals surface area (Å²) in [7, 11) is 0. The van der Waals surface area contributed by atoms with Crippen LogP contribution < -0.4 is 5.32 Å². The van der Waals surface area contributed by atoms with E-state index in [0.29, 0.717) is 12.8 Å². The zero-order chi connectivity index (χ0) is 14.5. The lowest BCUT2D eigenvalue weighted by Crippen LogP contribution is -2.42. The largest absolute Gasteiger partial charge is 0.481 e. The molecule has 0 saturated heterocycles. The number of carboxylic acids is 1. The van der Waals surface area contributed by atoms with Gasteiger partial charge in [0.15, 0.2) is 5.76 Å². The molecule has 1 aromatic heterocycles. The van der Waals surface area contributed by atoms with E-state index in [4.69, 9.17) is 4.42 Å². The number of aliphatic carboxylic acids is 1. The highest BCUT2D eigenvalue weighted by Crippen LogP contribution is 2.24. The molecule has 0 spiro atoms. The maximum absolute atomic E-state index is 12.1. The lowest BCUT2D eigenvalue weighted by atomic mass is 9.95. The van der Waals surface area contributed by atoms with Gasteiger partial charge in [-0.1, -0.05) is 26.2 Å². The van der Waals surface area contributed by atoms with Gasteiger partial charge in [-0.15, -0.1) is 0 Å². The number of carbonyl (C=O) groups excluding carboxylic acids is 1. The molecule has 1 amide bonds. The Morgan fingerprint density at radius 3 is 2.70 bits per heavy atom. The zero-order valence-corrected chi connectivity index (χ0v) is 11.7. The van der Waals surface area contributed by atoms with Crippen LogP contribution >= 0.6 is 0 Å². The molecule has 2 atom stereocenters. The first-order valence-corrected chi connectivity index (χ1v) is 7.24. The first-order chi connectivity index (χ1) is 9.61. The van der Waals surface area contributed by atoms with Gasteiger partial charge >= 0.3 is 5.97 Å². The molecule has 2 unspecified atom stereocenters. The third-order valence-electron chi connectivity index (χ3n) is 3.88. The van der Waals surface area contributed by atoms with Gasteiger partial charge in [-0.25, -0.2) is 0 Å². The van der Waals surface area contributed by atoms with Crippen LogP contribution in [0, 0.1) is 5.92 Å². The van der Waals surface area contributed by atoms with Crippen molar-refractivity contribution >= 4 is 11.9 Å². The minimum absolute atomic E-state index is 0.259. The Morgan fingerprint density at radius 1 is 1.30 bits per heavy atom. The fourth-order valence-electron chi connectivity index (χ4n) is 2.71. The van der Waals surface area contributed by atoms with E-state index in [1.165, 1.54) is 0 Å². The molecule has 5 nitrogen and oxygen atoms in total. The van der Waals surface area contributed by atoms with Crippen LogP contribution in [-0.4, -0.2) is 23.0 Å². The van der Waals surface area contributed by atoms with Crippen molar-refractivity contribution in [2.75, 3.05) is 0 Å². The monoisotopic (exact) mass is 279 g/mol. The Hall–Kier alpha value is -1.78. The second-order valence-corrected chi connectivity index (χ2v) is 5.28. The zero-order valence-electron chi connectivity index (χ0n) is 11.7. The van der Waals surface area contributed by atoms with Crippen molar-refractivity contribution in [3.8, 4) is 0 Å². The van der Waals surface area contributed by atoms with Gasteiger partial charge in [-0.2, -0.15) is 0 Å². The fraction of sp³-hybridized carbons (Fsp3) is 0.600. The number of hydrogen-bond donors (Lipinski definition) is 2. The molecule has 1 aliphatic rings. The number of amides is 1. The summed E-state index contributed by atoms with van der Waals surface area (Å²) in [6.07, 6.45) is 4.95. The Bertz CT molecular complexity index is 480. The first-order valence-electron chi connectivity index (χ1n) is 7.24. The average Bonchev–Trinajstić information content (AvgIpc) is 2.79. The summed E-state index contributed by atoms with van der Waals surface area (Å²) in [5.74, 6) is -0.628. The molecule has 2 rings (SSSR count). The number of nitrogens with one attached hydrogen (secondary N) is 1. The number of aryl methyl sites for hydroxylation is 1.